The molecule has 0 bridgehead atoms. The van der Waals surface area contributed by atoms with Gasteiger partial charge in [-0.05, 0) is 19.9 Å². The Morgan fingerprint density at radius 3 is 2.58 bits per heavy atom. The van der Waals surface area contributed by atoms with E-state index < -0.39 is 0 Å². The lowest BCUT2D eigenvalue weighted by atomic mass is 9.81. The maximum Gasteiger partial charge on any atom is 0.0532 e. The van der Waals surface area contributed by atoms with Gasteiger partial charge in [-0.1, -0.05) is 0 Å². The van der Waals surface area contributed by atoms with Crippen LogP contribution in [0.5, 0.6) is 0 Å². The lowest BCUT2D eigenvalue weighted by Gasteiger charge is -2.36. The summed E-state index contributed by atoms with van der Waals surface area (Å²) in [5, 5.41) is 3.23. The molecular formula is C9H19NO2. The molecule has 1 N–H and O–H groups in total. The average Bonchev–Trinajstić information content (AvgIpc) is 2.07. The van der Waals surface area contributed by atoms with Crippen LogP contribution in [0, 0.1) is 5.41 Å². The van der Waals surface area contributed by atoms with Gasteiger partial charge < -0.3 is 14.8 Å². The first-order valence-corrected chi connectivity index (χ1v) is 4.54. The van der Waals surface area contributed by atoms with Gasteiger partial charge in [0.2, 0.25) is 0 Å². The maximum atomic E-state index is 5.33. The van der Waals surface area contributed by atoms with E-state index in [4.69, 9.17) is 9.47 Å². The second kappa shape index (κ2) is 4.80. The number of ether oxygens (including phenoxy) is 2. The second-order valence-electron chi connectivity index (χ2n) is 3.58. The van der Waals surface area contributed by atoms with E-state index in [-0.39, 0.29) is 0 Å². The second-order valence-corrected chi connectivity index (χ2v) is 3.58. The summed E-state index contributed by atoms with van der Waals surface area (Å²) in [6, 6.07) is 0. The van der Waals surface area contributed by atoms with Crippen LogP contribution >= 0.6 is 0 Å². The van der Waals surface area contributed by atoms with Crippen LogP contribution in [0.15, 0.2) is 0 Å². The number of nitrogens with one attached hydrogen (secondary N) is 1. The maximum absolute atomic E-state index is 5.33. The summed E-state index contributed by atoms with van der Waals surface area (Å²) in [6.45, 7) is 3.64. The third-order valence-corrected chi connectivity index (χ3v) is 2.56. The van der Waals surface area contributed by atoms with Crippen molar-refractivity contribution >= 4 is 0 Å². The Balaban J connectivity index is 2.44. The molecule has 1 saturated heterocycles. The molecule has 72 valence electrons. The molecule has 1 fully saturated rings. The molecule has 0 unspecified atom stereocenters. The summed E-state index contributed by atoms with van der Waals surface area (Å²) in [5.41, 5.74) is 0.321. The van der Waals surface area contributed by atoms with Crippen LogP contribution in [0.3, 0.4) is 0 Å². The summed E-state index contributed by atoms with van der Waals surface area (Å²) in [6.07, 6.45) is 2.23. The van der Waals surface area contributed by atoms with Crippen molar-refractivity contribution in [2.75, 3.05) is 40.5 Å². The number of hydrogen-bond acceptors (Lipinski definition) is 3. The van der Waals surface area contributed by atoms with Gasteiger partial charge in [-0.3, -0.25) is 0 Å². The summed E-state index contributed by atoms with van der Waals surface area (Å²) in [5.74, 6) is 0. The highest BCUT2D eigenvalue weighted by Crippen LogP contribution is 2.29. The van der Waals surface area contributed by atoms with Gasteiger partial charge in [0.25, 0.3) is 0 Å². The molecule has 12 heavy (non-hydrogen) atoms. The van der Waals surface area contributed by atoms with E-state index in [1.165, 1.54) is 0 Å². The summed E-state index contributed by atoms with van der Waals surface area (Å²) in [4.78, 5) is 0. The van der Waals surface area contributed by atoms with Gasteiger partial charge in [0.1, 0.15) is 0 Å². The zero-order valence-electron chi connectivity index (χ0n) is 8.06. The SMILES string of the molecule is CNCC1(COC)CCOCC1. The van der Waals surface area contributed by atoms with Crippen LogP contribution in [0.4, 0.5) is 0 Å². The largest absolute Gasteiger partial charge is 0.384 e. The molecule has 0 atom stereocenters. The fourth-order valence-electron chi connectivity index (χ4n) is 1.86. The summed E-state index contributed by atoms with van der Waals surface area (Å²) >= 11 is 0. The smallest absolute Gasteiger partial charge is 0.0532 e. The van der Waals surface area contributed by atoms with Crippen molar-refractivity contribution in [3.05, 3.63) is 0 Å². The zero-order valence-corrected chi connectivity index (χ0v) is 8.06. The Kier molecular flexibility index (Phi) is 3.98. The zero-order chi connectivity index (χ0) is 8.86. The molecule has 1 aliphatic heterocycles. The highest BCUT2D eigenvalue weighted by molar-refractivity contribution is 4.83. The van der Waals surface area contributed by atoms with Crippen molar-refractivity contribution < 1.29 is 9.47 Å². The minimum absolute atomic E-state index is 0.321. The predicted octanol–water partition coefficient (Wildman–Crippen LogP) is 0.649. The van der Waals surface area contributed by atoms with Crippen LogP contribution in [-0.2, 0) is 9.47 Å². The topological polar surface area (TPSA) is 30.5 Å². The Morgan fingerprint density at radius 2 is 2.08 bits per heavy atom. The highest BCUT2D eigenvalue weighted by atomic mass is 16.5. The van der Waals surface area contributed by atoms with E-state index in [0.29, 0.717) is 5.41 Å². The Bertz CT molecular complexity index is 106. The van der Waals surface area contributed by atoms with Gasteiger partial charge in [-0.25, -0.2) is 0 Å². The van der Waals surface area contributed by atoms with Crippen LogP contribution in [-0.4, -0.2) is 40.5 Å². The van der Waals surface area contributed by atoms with Gasteiger partial charge in [-0.15, -0.1) is 0 Å². The van der Waals surface area contributed by atoms with E-state index in [1.807, 2.05) is 7.05 Å². The van der Waals surface area contributed by atoms with Crippen molar-refractivity contribution in [2.24, 2.45) is 5.41 Å². The molecule has 0 aromatic carbocycles. The molecule has 1 rings (SSSR count). The molecule has 3 nitrogen and oxygen atoms in total. The molecule has 0 aromatic rings. The van der Waals surface area contributed by atoms with Crippen LogP contribution in [0.25, 0.3) is 0 Å². The molecule has 0 saturated carbocycles. The number of methoxy groups -OCH3 is 1. The fraction of sp³-hybridized carbons (Fsp3) is 1.00. The third-order valence-electron chi connectivity index (χ3n) is 2.56. The number of hydrogen-bond donors (Lipinski definition) is 1. The molecule has 1 aliphatic rings. The normalized spacial score (nSPS) is 22.5. The third kappa shape index (κ3) is 2.44. The molecule has 1 heterocycles. The fourth-order valence-corrected chi connectivity index (χ4v) is 1.86. The molecule has 0 aliphatic carbocycles. The first kappa shape index (κ1) is 9.96. The van der Waals surface area contributed by atoms with Crippen molar-refractivity contribution in [3.63, 3.8) is 0 Å². The van der Waals surface area contributed by atoms with Gasteiger partial charge in [0.05, 0.1) is 6.61 Å². The van der Waals surface area contributed by atoms with Crippen molar-refractivity contribution in [2.45, 2.75) is 12.8 Å². The van der Waals surface area contributed by atoms with Gasteiger partial charge in [0, 0.05) is 32.3 Å². The highest BCUT2D eigenvalue weighted by Gasteiger charge is 2.31. The molecule has 0 aromatic heterocycles. The summed E-state index contributed by atoms with van der Waals surface area (Å²) < 4.78 is 10.6. The van der Waals surface area contributed by atoms with E-state index in [9.17, 15) is 0 Å². The van der Waals surface area contributed by atoms with Gasteiger partial charge in [0.15, 0.2) is 0 Å². The Labute approximate surface area is 74.4 Å². The lowest BCUT2D eigenvalue weighted by molar-refractivity contribution is -0.0259. The molecule has 0 spiro atoms. The Hall–Kier alpha value is -0.120. The van der Waals surface area contributed by atoms with Crippen LogP contribution in [0.1, 0.15) is 12.8 Å². The average molecular weight is 173 g/mol. The first-order valence-electron chi connectivity index (χ1n) is 4.54. The van der Waals surface area contributed by atoms with Crippen molar-refractivity contribution in [1.82, 2.24) is 5.32 Å². The minimum Gasteiger partial charge on any atom is -0.384 e. The summed E-state index contributed by atoms with van der Waals surface area (Å²) in [7, 11) is 3.76. The molecule has 3 heteroatoms. The monoisotopic (exact) mass is 173 g/mol. The van der Waals surface area contributed by atoms with Crippen molar-refractivity contribution in [1.29, 1.82) is 0 Å². The quantitative estimate of drug-likeness (QED) is 0.677. The van der Waals surface area contributed by atoms with E-state index in [2.05, 4.69) is 5.32 Å². The standard InChI is InChI=1S/C9H19NO2/c1-10-7-9(8-11-2)3-5-12-6-4-9/h10H,3-8H2,1-2H3. The lowest BCUT2D eigenvalue weighted by Crippen LogP contribution is -2.41. The van der Waals surface area contributed by atoms with Crippen LogP contribution in [0.2, 0.25) is 0 Å². The molecule has 0 radical (unpaired) electrons. The van der Waals surface area contributed by atoms with Gasteiger partial charge >= 0.3 is 0 Å². The minimum atomic E-state index is 0.321. The van der Waals surface area contributed by atoms with E-state index in [1.54, 1.807) is 7.11 Å². The molecular weight excluding hydrogens is 154 g/mol. The van der Waals surface area contributed by atoms with Gasteiger partial charge in [-0.2, -0.15) is 0 Å². The van der Waals surface area contributed by atoms with Crippen LogP contribution < -0.4 is 5.32 Å². The number of rotatable bonds is 4. The predicted molar refractivity (Wildman–Crippen MR) is 48.3 cm³/mol. The Morgan fingerprint density at radius 1 is 1.42 bits per heavy atom. The van der Waals surface area contributed by atoms with E-state index >= 15 is 0 Å². The van der Waals surface area contributed by atoms with E-state index in [0.717, 1.165) is 39.2 Å². The first-order chi connectivity index (χ1) is 5.83. The van der Waals surface area contributed by atoms with Crippen molar-refractivity contribution in [3.8, 4) is 0 Å². The molecule has 0 amide bonds.